The molecular weight excluding hydrogens is 212 g/mol. The molecule has 0 amide bonds. The molecule has 0 radical (unpaired) electrons. The molecule has 2 nitrogen and oxygen atoms in total. The van der Waals surface area contributed by atoms with Gasteiger partial charge in [0.25, 0.3) is 0 Å². The van der Waals surface area contributed by atoms with Gasteiger partial charge in [-0.3, -0.25) is 4.79 Å². The number of hydrogen-bond donors (Lipinski definition) is 1. The van der Waals surface area contributed by atoms with Crippen molar-refractivity contribution >= 4 is 5.78 Å². The van der Waals surface area contributed by atoms with E-state index in [9.17, 15) is 9.90 Å². The summed E-state index contributed by atoms with van der Waals surface area (Å²) in [5, 5.41) is 10.1. The SMILES string of the molecule is Cc1cc2c(c(C)c1C(C)C)C(=O)[C@H](C)[C@@H]2O. The Hall–Kier alpha value is -1.15. The number of fused-ring (bicyclic) bond motifs is 1. The Morgan fingerprint density at radius 3 is 2.41 bits per heavy atom. The minimum absolute atomic E-state index is 0.0897. The van der Waals surface area contributed by atoms with Gasteiger partial charge < -0.3 is 5.11 Å². The average molecular weight is 232 g/mol. The fourth-order valence-electron chi connectivity index (χ4n) is 3.12. The van der Waals surface area contributed by atoms with E-state index in [1.54, 1.807) is 6.92 Å². The third-order valence-corrected chi connectivity index (χ3v) is 3.89. The number of rotatable bonds is 1. The number of ketones is 1. The van der Waals surface area contributed by atoms with Gasteiger partial charge in [-0.25, -0.2) is 0 Å². The van der Waals surface area contributed by atoms with Gasteiger partial charge in [-0.2, -0.15) is 0 Å². The van der Waals surface area contributed by atoms with Crippen molar-refractivity contribution in [2.75, 3.05) is 0 Å². The van der Waals surface area contributed by atoms with E-state index < -0.39 is 6.10 Å². The van der Waals surface area contributed by atoms with Gasteiger partial charge in [0, 0.05) is 11.5 Å². The summed E-state index contributed by atoms with van der Waals surface area (Å²) in [6.07, 6.45) is -0.629. The summed E-state index contributed by atoms with van der Waals surface area (Å²) in [5.41, 5.74) is 5.07. The molecule has 0 unspecified atom stereocenters. The monoisotopic (exact) mass is 232 g/mol. The molecule has 0 bridgehead atoms. The zero-order valence-corrected chi connectivity index (χ0v) is 11.2. The van der Waals surface area contributed by atoms with Crippen LogP contribution in [0.25, 0.3) is 0 Å². The topological polar surface area (TPSA) is 37.3 Å². The molecule has 1 N–H and O–H groups in total. The van der Waals surface area contributed by atoms with E-state index in [-0.39, 0.29) is 11.7 Å². The molecule has 1 aromatic rings. The van der Waals surface area contributed by atoms with Crippen molar-refractivity contribution < 1.29 is 9.90 Å². The Bertz CT molecular complexity index is 486. The number of aliphatic hydroxyl groups excluding tert-OH is 1. The van der Waals surface area contributed by atoms with Crippen molar-refractivity contribution in [1.29, 1.82) is 0 Å². The third-order valence-electron chi connectivity index (χ3n) is 3.89. The zero-order chi connectivity index (χ0) is 12.9. The maximum atomic E-state index is 12.2. The summed E-state index contributed by atoms with van der Waals surface area (Å²) in [7, 11) is 0. The van der Waals surface area contributed by atoms with E-state index in [1.807, 2.05) is 13.0 Å². The fraction of sp³-hybridized carbons (Fsp3) is 0.533. The molecule has 2 heteroatoms. The van der Waals surface area contributed by atoms with Crippen LogP contribution in [0, 0.1) is 19.8 Å². The number of benzene rings is 1. The van der Waals surface area contributed by atoms with Crippen molar-refractivity contribution in [3.8, 4) is 0 Å². The molecule has 17 heavy (non-hydrogen) atoms. The van der Waals surface area contributed by atoms with Crippen molar-refractivity contribution in [3.05, 3.63) is 33.9 Å². The van der Waals surface area contributed by atoms with E-state index >= 15 is 0 Å². The number of hydrogen-bond acceptors (Lipinski definition) is 2. The van der Waals surface area contributed by atoms with Gasteiger partial charge in [0.15, 0.2) is 5.78 Å². The Kier molecular flexibility index (Phi) is 2.86. The molecule has 0 saturated carbocycles. The molecule has 0 fully saturated rings. The predicted octanol–water partition coefficient (Wildman–Crippen LogP) is 3.29. The standard InChI is InChI=1S/C15H20O2/c1-7(2)12-8(3)6-11-13(9(12)4)15(17)10(5)14(11)16/h6-7,10,14,16H,1-5H3/t10-,14+/m1/s1. The zero-order valence-electron chi connectivity index (χ0n) is 11.2. The summed E-state index contributed by atoms with van der Waals surface area (Å²) in [5.74, 6) is 0.193. The third kappa shape index (κ3) is 1.62. The number of carbonyl (C=O) groups excluding carboxylic acids is 1. The lowest BCUT2D eigenvalue weighted by Crippen LogP contribution is -2.09. The minimum Gasteiger partial charge on any atom is -0.388 e. The fourth-order valence-corrected chi connectivity index (χ4v) is 3.12. The van der Waals surface area contributed by atoms with Gasteiger partial charge in [-0.15, -0.1) is 0 Å². The molecule has 92 valence electrons. The first-order chi connectivity index (χ1) is 7.86. The lowest BCUT2D eigenvalue weighted by molar-refractivity contribution is 0.0790. The first-order valence-electron chi connectivity index (χ1n) is 6.22. The Morgan fingerprint density at radius 2 is 1.88 bits per heavy atom. The molecule has 2 atom stereocenters. The molecule has 1 aliphatic carbocycles. The summed E-state index contributed by atoms with van der Waals surface area (Å²) in [6.45, 7) is 10.1. The normalized spacial score (nSPS) is 23.4. The average Bonchev–Trinajstić information content (AvgIpc) is 2.43. The molecule has 1 aromatic carbocycles. The first-order valence-corrected chi connectivity index (χ1v) is 6.22. The van der Waals surface area contributed by atoms with Crippen LogP contribution < -0.4 is 0 Å². The van der Waals surface area contributed by atoms with E-state index in [4.69, 9.17) is 0 Å². The van der Waals surface area contributed by atoms with Gasteiger partial charge in [-0.05, 0) is 42.0 Å². The smallest absolute Gasteiger partial charge is 0.169 e. The summed E-state index contributed by atoms with van der Waals surface area (Å²) < 4.78 is 0. The van der Waals surface area contributed by atoms with Gasteiger partial charge in [0.2, 0.25) is 0 Å². The van der Waals surface area contributed by atoms with Crippen LogP contribution >= 0.6 is 0 Å². The molecule has 0 spiro atoms. The van der Waals surface area contributed by atoms with Crippen LogP contribution in [-0.4, -0.2) is 10.9 Å². The number of aryl methyl sites for hydroxylation is 1. The lowest BCUT2D eigenvalue weighted by Gasteiger charge is -2.17. The molecule has 0 heterocycles. The van der Waals surface area contributed by atoms with Gasteiger partial charge >= 0.3 is 0 Å². The van der Waals surface area contributed by atoms with Crippen LogP contribution in [0.1, 0.15) is 65.4 Å². The summed E-state index contributed by atoms with van der Waals surface area (Å²) in [4.78, 5) is 12.2. The molecule has 0 saturated heterocycles. The van der Waals surface area contributed by atoms with Crippen LogP contribution in [0.15, 0.2) is 6.07 Å². The Balaban J connectivity index is 2.74. The highest BCUT2D eigenvalue weighted by Crippen LogP contribution is 2.41. The number of Topliss-reactive ketones (excluding diaryl/α,β-unsaturated/α-hetero) is 1. The highest BCUT2D eigenvalue weighted by molar-refractivity contribution is 6.04. The highest BCUT2D eigenvalue weighted by atomic mass is 16.3. The van der Waals surface area contributed by atoms with Gasteiger partial charge in [-0.1, -0.05) is 26.8 Å². The van der Waals surface area contributed by atoms with Crippen LogP contribution in [0.2, 0.25) is 0 Å². The van der Waals surface area contributed by atoms with Crippen molar-refractivity contribution in [2.24, 2.45) is 5.92 Å². The van der Waals surface area contributed by atoms with Crippen LogP contribution in [0.4, 0.5) is 0 Å². The maximum Gasteiger partial charge on any atom is 0.169 e. The van der Waals surface area contributed by atoms with Gasteiger partial charge in [0.1, 0.15) is 0 Å². The lowest BCUT2D eigenvalue weighted by atomic mass is 9.88. The molecule has 0 aromatic heterocycles. The second-order valence-corrected chi connectivity index (χ2v) is 5.45. The minimum atomic E-state index is -0.629. The molecule has 2 rings (SSSR count). The van der Waals surface area contributed by atoms with Gasteiger partial charge in [0.05, 0.1) is 6.10 Å². The summed E-state index contributed by atoms with van der Waals surface area (Å²) in [6, 6.07) is 1.99. The highest BCUT2D eigenvalue weighted by Gasteiger charge is 2.37. The molecule has 0 aliphatic heterocycles. The van der Waals surface area contributed by atoms with Crippen LogP contribution in [-0.2, 0) is 0 Å². The number of carbonyl (C=O) groups is 1. The largest absolute Gasteiger partial charge is 0.388 e. The van der Waals surface area contributed by atoms with Crippen molar-refractivity contribution in [1.82, 2.24) is 0 Å². The van der Waals surface area contributed by atoms with Crippen LogP contribution in [0.5, 0.6) is 0 Å². The van der Waals surface area contributed by atoms with Crippen molar-refractivity contribution in [2.45, 2.75) is 46.6 Å². The first kappa shape index (κ1) is 12.3. The van der Waals surface area contributed by atoms with E-state index in [2.05, 4.69) is 20.8 Å². The van der Waals surface area contributed by atoms with Crippen LogP contribution in [0.3, 0.4) is 0 Å². The van der Waals surface area contributed by atoms with E-state index in [0.29, 0.717) is 5.92 Å². The van der Waals surface area contributed by atoms with Crippen molar-refractivity contribution in [3.63, 3.8) is 0 Å². The number of aliphatic hydroxyl groups is 1. The second kappa shape index (κ2) is 3.95. The predicted molar refractivity (Wildman–Crippen MR) is 68.5 cm³/mol. The van der Waals surface area contributed by atoms with E-state index in [0.717, 1.165) is 16.7 Å². The Morgan fingerprint density at radius 1 is 1.29 bits per heavy atom. The molecular formula is C15H20O2. The Labute approximate surface area is 103 Å². The summed E-state index contributed by atoms with van der Waals surface area (Å²) >= 11 is 0. The molecule has 1 aliphatic rings. The quantitative estimate of drug-likeness (QED) is 0.806. The van der Waals surface area contributed by atoms with E-state index in [1.165, 1.54) is 11.1 Å². The maximum absolute atomic E-state index is 12.2. The second-order valence-electron chi connectivity index (χ2n) is 5.45.